The number of nitrogens with one attached hydrogen (secondary N) is 1. The molecule has 0 spiro atoms. The van der Waals surface area contributed by atoms with Crippen LogP contribution in [0, 0.1) is 20.8 Å². The van der Waals surface area contributed by atoms with Crippen LogP contribution in [0.1, 0.15) is 39.9 Å². The number of hydrogen-bond donors (Lipinski definition) is 1. The van der Waals surface area contributed by atoms with Crippen LogP contribution in [0.25, 0.3) is 0 Å². The number of benzene rings is 2. The molecule has 0 aliphatic heterocycles. The van der Waals surface area contributed by atoms with Gasteiger partial charge in [0.15, 0.2) is 12.4 Å². The highest BCUT2D eigenvalue weighted by Gasteiger charge is 2.17. The number of Topliss-reactive ketones (excluding diaryl/α,β-unsaturated/α-hetero) is 1. The molecule has 2 aromatic rings. The van der Waals surface area contributed by atoms with Gasteiger partial charge < -0.3 is 15.0 Å². The van der Waals surface area contributed by atoms with Gasteiger partial charge in [-0.15, -0.1) is 0 Å². The van der Waals surface area contributed by atoms with Gasteiger partial charge in [-0.05, 0) is 44.5 Å². The summed E-state index contributed by atoms with van der Waals surface area (Å²) in [6.45, 7) is 5.03. The highest BCUT2D eigenvalue weighted by molar-refractivity contribution is 5.99. The molecule has 31 heavy (non-hydrogen) atoms. The number of nitrogens with zero attached hydrogens (tertiary/aromatic N) is 1. The van der Waals surface area contributed by atoms with Crippen molar-refractivity contribution in [3.63, 3.8) is 0 Å². The minimum absolute atomic E-state index is 0.00606. The summed E-state index contributed by atoms with van der Waals surface area (Å²) in [6, 6.07) is 12.9. The molecule has 1 N–H and O–H groups in total. The molecule has 0 radical (unpaired) electrons. The summed E-state index contributed by atoms with van der Waals surface area (Å²) in [5.74, 6) is -1.64. The predicted molar refractivity (Wildman–Crippen MR) is 118 cm³/mol. The van der Waals surface area contributed by atoms with Crippen molar-refractivity contribution < 1.29 is 23.9 Å². The molecule has 0 aromatic heterocycles. The van der Waals surface area contributed by atoms with Gasteiger partial charge in [-0.2, -0.15) is 0 Å². The van der Waals surface area contributed by atoms with E-state index < -0.39 is 18.5 Å². The molecule has 0 atom stereocenters. The first-order valence-corrected chi connectivity index (χ1v) is 10.0. The summed E-state index contributed by atoms with van der Waals surface area (Å²) in [5.41, 5.74) is 4.11. The number of rotatable bonds is 9. The topological polar surface area (TPSA) is 92.8 Å². The molecule has 7 nitrogen and oxygen atoms in total. The molecule has 0 aliphatic rings. The van der Waals surface area contributed by atoms with Crippen molar-refractivity contribution in [3.8, 4) is 0 Å². The lowest BCUT2D eigenvalue weighted by atomic mass is 9.99. The Balaban J connectivity index is 1.73. The number of ether oxygens (including phenoxy) is 1. The number of ketones is 1. The fourth-order valence-corrected chi connectivity index (χ4v) is 2.85. The fraction of sp³-hybridized carbons (Fsp3) is 0.333. The molecule has 7 heteroatoms. The third-order valence-corrected chi connectivity index (χ3v) is 4.75. The summed E-state index contributed by atoms with van der Waals surface area (Å²) >= 11 is 0. The van der Waals surface area contributed by atoms with Crippen molar-refractivity contribution >= 4 is 29.3 Å². The standard InChI is InChI=1S/C24H28N2O5/c1-16-6-9-19(10-7-16)25-22(28)14-26(4)23(29)15-31-24(30)12-11-21(27)20-13-17(2)5-8-18(20)3/h5-10,13H,11-12,14-15H2,1-4H3,(H,25,28). The molecular formula is C24H28N2O5. The van der Waals surface area contributed by atoms with Gasteiger partial charge in [0.1, 0.15) is 0 Å². The van der Waals surface area contributed by atoms with Gasteiger partial charge in [-0.3, -0.25) is 19.2 Å². The van der Waals surface area contributed by atoms with Crippen molar-refractivity contribution in [2.45, 2.75) is 33.6 Å². The summed E-state index contributed by atoms with van der Waals surface area (Å²) in [7, 11) is 1.45. The molecular weight excluding hydrogens is 396 g/mol. The van der Waals surface area contributed by atoms with Crippen molar-refractivity contribution in [1.29, 1.82) is 0 Å². The second-order valence-electron chi connectivity index (χ2n) is 7.57. The van der Waals surface area contributed by atoms with Gasteiger partial charge in [-0.25, -0.2) is 0 Å². The normalized spacial score (nSPS) is 10.3. The molecule has 0 saturated heterocycles. The van der Waals surface area contributed by atoms with E-state index in [1.54, 1.807) is 18.2 Å². The molecule has 0 unspecified atom stereocenters. The number of carbonyl (C=O) groups excluding carboxylic acids is 4. The monoisotopic (exact) mass is 424 g/mol. The zero-order valence-electron chi connectivity index (χ0n) is 18.4. The van der Waals surface area contributed by atoms with E-state index in [0.29, 0.717) is 11.3 Å². The van der Waals surface area contributed by atoms with Crippen LogP contribution in [0.3, 0.4) is 0 Å². The van der Waals surface area contributed by atoms with E-state index in [9.17, 15) is 19.2 Å². The lowest BCUT2D eigenvalue weighted by Gasteiger charge is -2.17. The maximum Gasteiger partial charge on any atom is 0.306 e. The lowest BCUT2D eigenvalue weighted by Crippen LogP contribution is -2.37. The van der Waals surface area contributed by atoms with Crippen LogP contribution in [0.15, 0.2) is 42.5 Å². The first kappa shape index (κ1) is 23.8. The Labute approximate surface area is 182 Å². The van der Waals surface area contributed by atoms with Crippen molar-refractivity contribution in [3.05, 3.63) is 64.7 Å². The number of carbonyl (C=O) groups is 4. The van der Waals surface area contributed by atoms with E-state index in [0.717, 1.165) is 16.7 Å². The number of likely N-dealkylation sites (N-methyl/N-ethyl adjacent to an activating group) is 1. The summed E-state index contributed by atoms with van der Waals surface area (Å²) in [5, 5.41) is 2.70. The number of hydrogen-bond acceptors (Lipinski definition) is 5. The van der Waals surface area contributed by atoms with Gasteiger partial charge in [0.25, 0.3) is 5.91 Å². The quantitative estimate of drug-likeness (QED) is 0.493. The molecule has 0 heterocycles. The fourth-order valence-electron chi connectivity index (χ4n) is 2.85. The van der Waals surface area contributed by atoms with Gasteiger partial charge in [0.2, 0.25) is 5.91 Å². The third kappa shape index (κ3) is 7.70. The Kier molecular flexibility index (Phi) is 8.49. The Hall–Kier alpha value is -3.48. The van der Waals surface area contributed by atoms with E-state index in [4.69, 9.17) is 4.74 Å². The first-order chi connectivity index (χ1) is 14.7. The maximum absolute atomic E-state index is 12.3. The Morgan fingerprint density at radius 1 is 0.903 bits per heavy atom. The second-order valence-corrected chi connectivity index (χ2v) is 7.57. The van der Waals surface area contributed by atoms with E-state index in [2.05, 4.69) is 5.32 Å². The maximum atomic E-state index is 12.3. The summed E-state index contributed by atoms with van der Waals surface area (Å²) in [4.78, 5) is 49.6. The number of esters is 1. The molecule has 0 fully saturated rings. The highest BCUT2D eigenvalue weighted by atomic mass is 16.5. The lowest BCUT2D eigenvalue weighted by molar-refractivity contribution is -0.151. The van der Waals surface area contributed by atoms with Crippen LogP contribution in [0.5, 0.6) is 0 Å². The zero-order chi connectivity index (χ0) is 23.0. The molecule has 2 amide bonds. The average Bonchev–Trinajstić information content (AvgIpc) is 2.73. The van der Waals surface area contributed by atoms with Crippen LogP contribution in [0.4, 0.5) is 5.69 Å². The van der Waals surface area contributed by atoms with Gasteiger partial charge in [0.05, 0.1) is 13.0 Å². The van der Waals surface area contributed by atoms with E-state index in [1.165, 1.54) is 11.9 Å². The number of anilines is 1. The molecule has 0 aliphatic carbocycles. The summed E-state index contributed by atoms with van der Waals surface area (Å²) < 4.78 is 4.96. The third-order valence-electron chi connectivity index (χ3n) is 4.75. The largest absolute Gasteiger partial charge is 0.456 e. The Morgan fingerprint density at radius 3 is 2.23 bits per heavy atom. The van der Waals surface area contributed by atoms with Crippen LogP contribution < -0.4 is 5.32 Å². The molecule has 164 valence electrons. The smallest absolute Gasteiger partial charge is 0.306 e. The number of amides is 2. The minimum Gasteiger partial charge on any atom is -0.456 e. The van der Waals surface area contributed by atoms with Crippen molar-refractivity contribution in [2.75, 3.05) is 25.5 Å². The summed E-state index contributed by atoms with van der Waals surface area (Å²) in [6.07, 6.45) is -0.108. The van der Waals surface area contributed by atoms with Crippen LogP contribution in [0.2, 0.25) is 0 Å². The highest BCUT2D eigenvalue weighted by Crippen LogP contribution is 2.14. The molecule has 0 saturated carbocycles. The van der Waals surface area contributed by atoms with Crippen LogP contribution in [-0.4, -0.2) is 48.7 Å². The molecule has 2 rings (SSSR count). The van der Waals surface area contributed by atoms with Crippen LogP contribution in [-0.2, 0) is 19.1 Å². The van der Waals surface area contributed by atoms with Gasteiger partial charge in [0, 0.05) is 24.7 Å². The molecule has 0 bridgehead atoms. The SMILES string of the molecule is Cc1ccc(NC(=O)CN(C)C(=O)COC(=O)CCC(=O)c2cc(C)ccc2C)cc1. The van der Waals surface area contributed by atoms with Crippen molar-refractivity contribution in [1.82, 2.24) is 4.90 Å². The van der Waals surface area contributed by atoms with Gasteiger partial charge >= 0.3 is 5.97 Å². The van der Waals surface area contributed by atoms with Crippen LogP contribution >= 0.6 is 0 Å². The Morgan fingerprint density at radius 2 is 1.55 bits per heavy atom. The first-order valence-electron chi connectivity index (χ1n) is 10.0. The van der Waals surface area contributed by atoms with E-state index in [1.807, 2.05) is 45.0 Å². The Bertz CT molecular complexity index is 966. The van der Waals surface area contributed by atoms with Gasteiger partial charge in [-0.1, -0.05) is 35.4 Å². The predicted octanol–water partition coefficient (Wildman–Crippen LogP) is 3.22. The molecule has 2 aromatic carbocycles. The second kappa shape index (κ2) is 11.1. The minimum atomic E-state index is -0.635. The van der Waals surface area contributed by atoms with E-state index >= 15 is 0 Å². The van der Waals surface area contributed by atoms with Crippen molar-refractivity contribution in [2.24, 2.45) is 0 Å². The number of aryl methyl sites for hydroxylation is 3. The average molecular weight is 424 g/mol. The van der Waals surface area contributed by atoms with E-state index in [-0.39, 0.29) is 31.1 Å². The zero-order valence-corrected chi connectivity index (χ0v) is 18.4.